The molecule has 0 amide bonds. The van der Waals surface area contributed by atoms with Gasteiger partial charge in [0.15, 0.2) is 0 Å². The van der Waals surface area contributed by atoms with Crippen molar-refractivity contribution in [1.82, 2.24) is 14.9 Å². The van der Waals surface area contributed by atoms with E-state index >= 15 is 0 Å². The van der Waals surface area contributed by atoms with Gasteiger partial charge in [-0.25, -0.2) is 4.98 Å². The molecule has 1 N–H and O–H groups in total. The Bertz CT molecular complexity index is 476. The Hall–Kier alpha value is -1.36. The minimum absolute atomic E-state index is 0.501. The third-order valence-electron chi connectivity index (χ3n) is 4.88. The summed E-state index contributed by atoms with van der Waals surface area (Å²) in [5.74, 6) is 2.66. The monoisotopic (exact) mass is 317 g/mol. The van der Waals surface area contributed by atoms with Gasteiger partial charge in [0.2, 0.25) is 5.95 Å². The highest BCUT2D eigenvalue weighted by molar-refractivity contribution is 5.43. The van der Waals surface area contributed by atoms with Gasteiger partial charge in [-0.2, -0.15) is 4.98 Å². The fraction of sp³-hybridized carbons (Fsp3) is 0.778. The van der Waals surface area contributed by atoms with Crippen LogP contribution in [-0.2, 0) is 0 Å². The maximum Gasteiger partial charge on any atom is 0.224 e. The van der Waals surface area contributed by atoms with Crippen LogP contribution in [0.2, 0.25) is 0 Å². The highest BCUT2D eigenvalue weighted by atomic mass is 15.3. The number of rotatable bonds is 6. The number of hydrogen-bond donors (Lipinski definition) is 1. The Morgan fingerprint density at radius 1 is 1.17 bits per heavy atom. The summed E-state index contributed by atoms with van der Waals surface area (Å²) in [4.78, 5) is 14.1. The van der Waals surface area contributed by atoms with E-state index in [0.717, 1.165) is 43.9 Å². The first-order valence-electron chi connectivity index (χ1n) is 9.27. The minimum atomic E-state index is 0.501. The molecule has 2 aliphatic heterocycles. The number of nitrogens with one attached hydrogen (secondary N) is 1. The predicted octanol–water partition coefficient (Wildman–Crippen LogP) is 3.00. The standard InChI is InChI=1S/C18H31N5/c1-15(2)8-12-22-13-16(14-22)20-18-19-9-7-17(21-18)23-10-5-3-4-6-11-23/h7,9,15-16H,3-6,8,10-14H2,1-2H3,(H,19,20,21). The zero-order valence-corrected chi connectivity index (χ0v) is 14.7. The molecule has 2 saturated heterocycles. The van der Waals surface area contributed by atoms with Gasteiger partial charge in [-0.05, 0) is 37.8 Å². The van der Waals surface area contributed by atoms with Crippen molar-refractivity contribution < 1.29 is 0 Å². The summed E-state index contributed by atoms with van der Waals surface area (Å²) in [6.07, 6.45) is 8.43. The first-order valence-corrected chi connectivity index (χ1v) is 9.27. The molecule has 0 saturated carbocycles. The van der Waals surface area contributed by atoms with Crippen LogP contribution in [0.25, 0.3) is 0 Å². The Morgan fingerprint density at radius 3 is 2.61 bits per heavy atom. The van der Waals surface area contributed by atoms with E-state index in [9.17, 15) is 0 Å². The molecule has 1 aromatic rings. The molecule has 5 nitrogen and oxygen atoms in total. The second kappa shape index (κ2) is 7.95. The van der Waals surface area contributed by atoms with E-state index in [0.29, 0.717) is 6.04 Å². The molecule has 0 radical (unpaired) electrons. The van der Waals surface area contributed by atoms with E-state index in [4.69, 9.17) is 4.98 Å². The molecule has 0 bridgehead atoms. The van der Waals surface area contributed by atoms with Crippen LogP contribution < -0.4 is 10.2 Å². The molecule has 5 heteroatoms. The van der Waals surface area contributed by atoms with E-state index in [2.05, 4.69) is 33.9 Å². The minimum Gasteiger partial charge on any atom is -0.356 e. The van der Waals surface area contributed by atoms with Crippen LogP contribution in [-0.4, -0.2) is 53.6 Å². The van der Waals surface area contributed by atoms with Crippen LogP contribution in [0.5, 0.6) is 0 Å². The van der Waals surface area contributed by atoms with Crippen LogP contribution in [0, 0.1) is 5.92 Å². The van der Waals surface area contributed by atoms with Gasteiger partial charge in [-0.3, -0.25) is 4.90 Å². The van der Waals surface area contributed by atoms with E-state index in [1.807, 2.05) is 12.3 Å². The Balaban J connectivity index is 1.49. The van der Waals surface area contributed by atoms with Crippen LogP contribution in [0.1, 0.15) is 46.0 Å². The molecule has 0 atom stereocenters. The quantitative estimate of drug-likeness (QED) is 0.874. The molecule has 1 aromatic heterocycles. The molecular formula is C18H31N5. The molecule has 23 heavy (non-hydrogen) atoms. The summed E-state index contributed by atoms with van der Waals surface area (Å²) >= 11 is 0. The van der Waals surface area contributed by atoms with E-state index < -0.39 is 0 Å². The van der Waals surface area contributed by atoms with E-state index in [1.165, 1.54) is 38.6 Å². The van der Waals surface area contributed by atoms with Crippen LogP contribution in [0.4, 0.5) is 11.8 Å². The van der Waals surface area contributed by atoms with Crippen molar-refractivity contribution >= 4 is 11.8 Å². The predicted molar refractivity (Wildman–Crippen MR) is 96.0 cm³/mol. The summed E-state index contributed by atoms with van der Waals surface area (Å²) in [6, 6.07) is 2.55. The van der Waals surface area contributed by atoms with Gasteiger partial charge >= 0.3 is 0 Å². The Morgan fingerprint density at radius 2 is 1.91 bits per heavy atom. The average Bonchev–Trinajstić information content (AvgIpc) is 2.78. The number of likely N-dealkylation sites (tertiary alicyclic amines) is 1. The normalized spacial score (nSPS) is 20.4. The summed E-state index contributed by atoms with van der Waals surface area (Å²) in [6.45, 7) is 10.3. The third kappa shape index (κ3) is 4.80. The van der Waals surface area contributed by atoms with Crippen LogP contribution in [0.15, 0.2) is 12.3 Å². The van der Waals surface area contributed by atoms with Crippen molar-refractivity contribution in [3.8, 4) is 0 Å². The van der Waals surface area contributed by atoms with Gasteiger partial charge in [0.1, 0.15) is 5.82 Å². The molecule has 3 rings (SSSR count). The van der Waals surface area contributed by atoms with Crippen LogP contribution in [0.3, 0.4) is 0 Å². The SMILES string of the molecule is CC(C)CCN1CC(Nc2nccc(N3CCCCCC3)n2)C1. The number of anilines is 2. The second-order valence-electron chi connectivity index (χ2n) is 7.42. The van der Waals surface area contributed by atoms with Gasteiger partial charge in [-0.1, -0.05) is 26.7 Å². The number of hydrogen-bond acceptors (Lipinski definition) is 5. The van der Waals surface area contributed by atoms with Gasteiger partial charge < -0.3 is 10.2 Å². The lowest BCUT2D eigenvalue weighted by Gasteiger charge is -2.40. The second-order valence-corrected chi connectivity index (χ2v) is 7.42. The van der Waals surface area contributed by atoms with Gasteiger partial charge in [0.25, 0.3) is 0 Å². The molecular weight excluding hydrogens is 286 g/mol. The van der Waals surface area contributed by atoms with Crippen molar-refractivity contribution in [2.75, 3.05) is 42.9 Å². The summed E-state index contributed by atoms with van der Waals surface area (Å²) < 4.78 is 0. The van der Waals surface area contributed by atoms with Crippen molar-refractivity contribution in [1.29, 1.82) is 0 Å². The van der Waals surface area contributed by atoms with Crippen molar-refractivity contribution in [3.63, 3.8) is 0 Å². The first kappa shape index (κ1) is 16.5. The molecule has 2 aliphatic rings. The third-order valence-corrected chi connectivity index (χ3v) is 4.88. The first-order chi connectivity index (χ1) is 11.2. The van der Waals surface area contributed by atoms with Crippen LogP contribution >= 0.6 is 0 Å². The zero-order chi connectivity index (χ0) is 16.1. The lowest BCUT2D eigenvalue weighted by Crippen LogP contribution is -2.55. The average molecular weight is 317 g/mol. The van der Waals surface area contributed by atoms with E-state index in [-0.39, 0.29) is 0 Å². The Kier molecular flexibility index (Phi) is 5.70. The van der Waals surface area contributed by atoms with Gasteiger partial charge in [0, 0.05) is 32.4 Å². The fourth-order valence-corrected chi connectivity index (χ4v) is 3.36. The van der Waals surface area contributed by atoms with Crippen molar-refractivity contribution in [2.45, 2.75) is 52.0 Å². The van der Waals surface area contributed by atoms with E-state index in [1.54, 1.807) is 0 Å². The Labute approximate surface area is 140 Å². The summed E-state index contributed by atoms with van der Waals surface area (Å²) in [5, 5.41) is 3.50. The molecule has 0 aliphatic carbocycles. The molecule has 0 aromatic carbocycles. The topological polar surface area (TPSA) is 44.3 Å². The summed E-state index contributed by atoms with van der Waals surface area (Å²) in [7, 11) is 0. The number of nitrogens with zero attached hydrogens (tertiary/aromatic N) is 4. The molecule has 2 fully saturated rings. The fourth-order valence-electron chi connectivity index (χ4n) is 3.36. The lowest BCUT2D eigenvalue weighted by atomic mass is 10.1. The summed E-state index contributed by atoms with van der Waals surface area (Å²) in [5.41, 5.74) is 0. The maximum atomic E-state index is 4.74. The highest BCUT2D eigenvalue weighted by Crippen LogP contribution is 2.19. The lowest BCUT2D eigenvalue weighted by molar-refractivity contribution is 0.153. The molecule has 128 valence electrons. The largest absolute Gasteiger partial charge is 0.356 e. The molecule has 3 heterocycles. The van der Waals surface area contributed by atoms with Crippen molar-refractivity contribution in [3.05, 3.63) is 12.3 Å². The maximum absolute atomic E-state index is 4.74. The van der Waals surface area contributed by atoms with Gasteiger partial charge in [0.05, 0.1) is 6.04 Å². The smallest absolute Gasteiger partial charge is 0.224 e. The highest BCUT2D eigenvalue weighted by Gasteiger charge is 2.26. The molecule has 0 unspecified atom stereocenters. The zero-order valence-electron chi connectivity index (χ0n) is 14.7. The number of aromatic nitrogens is 2. The molecule has 0 spiro atoms. The van der Waals surface area contributed by atoms with Crippen molar-refractivity contribution in [2.24, 2.45) is 5.92 Å². The van der Waals surface area contributed by atoms with Gasteiger partial charge in [-0.15, -0.1) is 0 Å².